The van der Waals surface area contributed by atoms with Crippen molar-refractivity contribution in [1.29, 1.82) is 0 Å². The van der Waals surface area contributed by atoms with Gasteiger partial charge in [-0.1, -0.05) is 69.3 Å². The Morgan fingerprint density at radius 2 is 1.91 bits per heavy atom. The highest BCUT2D eigenvalue weighted by Gasteiger charge is 2.38. The monoisotopic (exact) mass is 643 g/mol. The van der Waals surface area contributed by atoms with Crippen molar-refractivity contribution < 1.29 is 17.9 Å². The summed E-state index contributed by atoms with van der Waals surface area (Å²) >= 11 is 0. The number of Topliss-reactive ketones (excluding diaryl/α,β-unsaturated/α-hetero) is 1. The van der Waals surface area contributed by atoms with E-state index in [0.29, 0.717) is 25.0 Å². The number of hydrogen-bond acceptors (Lipinski definition) is 7. The molecule has 0 bridgehead atoms. The molecule has 244 valence electrons. The van der Waals surface area contributed by atoms with Crippen LogP contribution in [0.1, 0.15) is 80.8 Å². The molecule has 4 aromatic rings. The number of nitrogens with zero attached hydrogens (tertiary/aromatic N) is 5. The standard InChI is InChI=1S/C36H45N5O4S/c1-6-19-40-24-30(38-39-40)16-17-32(36(4,5)35(42)20-27-11-10-18-37-22-27)28-15-14-26(3)29(21-28)23-41-25-31(7-2)45-33-12-8-9-13-34(33)46(41,43)44/h8-15,18,21-22,24,31-32H,6-7,16-17,19-20,23,25H2,1-5H3/t31-,32?/m1/s1. The summed E-state index contributed by atoms with van der Waals surface area (Å²) in [6, 6.07) is 16.9. The number of para-hydroxylation sites is 1. The number of carbonyl (C=O) groups is 1. The fraction of sp³-hybridized carbons (Fsp3) is 0.444. The van der Waals surface area contributed by atoms with Crippen LogP contribution in [0.2, 0.25) is 0 Å². The summed E-state index contributed by atoms with van der Waals surface area (Å²) in [7, 11) is -3.80. The van der Waals surface area contributed by atoms with Crippen LogP contribution >= 0.6 is 0 Å². The summed E-state index contributed by atoms with van der Waals surface area (Å²) in [5.74, 6) is 0.365. The zero-order valence-corrected chi connectivity index (χ0v) is 28.3. The van der Waals surface area contributed by atoms with Gasteiger partial charge in [-0.3, -0.25) is 14.5 Å². The van der Waals surface area contributed by atoms with Crippen LogP contribution in [0, 0.1) is 12.3 Å². The summed E-state index contributed by atoms with van der Waals surface area (Å²) in [5, 5.41) is 8.67. The van der Waals surface area contributed by atoms with Crippen LogP contribution in [0.3, 0.4) is 0 Å². The molecule has 3 heterocycles. The van der Waals surface area contributed by atoms with E-state index in [1.54, 1.807) is 41.0 Å². The van der Waals surface area contributed by atoms with E-state index in [1.165, 1.54) is 0 Å². The molecule has 0 saturated heterocycles. The molecule has 0 N–H and O–H groups in total. The first-order valence-corrected chi connectivity index (χ1v) is 17.6. The Hall–Kier alpha value is -3.89. The second-order valence-corrected chi connectivity index (χ2v) is 14.7. The number of benzene rings is 2. The lowest BCUT2D eigenvalue weighted by atomic mass is 9.68. The molecule has 0 saturated carbocycles. The number of aryl methyl sites for hydroxylation is 3. The van der Waals surface area contributed by atoms with Crippen LogP contribution in [-0.4, -0.2) is 51.1 Å². The number of carbonyl (C=O) groups excluding carboxylic acids is 1. The van der Waals surface area contributed by atoms with Crippen LogP contribution in [0.25, 0.3) is 0 Å². The molecule has 0 radical (unpaired) electrons. The summed E-state index contributed by atoms with van der Waals surface area (Å²) in [4.78, 5) is 18.4. The lowest BCUT2D eigenvalue weighted by Gasteiger charge is -2.34. The van der Waals surface area contributed by atoms with Gasteiger partial charge in [-0.05, 0) is 79.0 Å². The number of sulfonamides is 1. The van der Waals surface area contributed by atoms with Crippen molar-refractivity contribution in [1.82, 2.24) is 24.3 Å². The third-order valence-corrected chi connectivity index (χ3v) is 11.0. The van der Waals surface area contributed by atoms with Gasteiger partial charge in [0.25, 0.3) is 0 Å². The SMILES string of the molecule is CCCn1cc(CCC(c2ccc(C)c(CN3C[C@@H](CC)Oc4ccccc4S3(=O)=O)c2)C(C)(C)C(=O)Cc2cccnc2)nn1. The molecule has 5 rings (SSSR count). The van der Waals surface area contributed by atoms with Crippen molar-refractivity contribution >= 4 is 15.8 Å². The molecule has 1 aliphatic heterocycles. The number of hydrogen-bond donors (Lipinski definition) is 0. The van der Waals surface area contributed by atoms with Gasteiger partial charge in [-0.25, -0.2) is 8.42 Å². The first-order valence-electron chi connectivity index (χ1n) is 16.2. The minimum Gasteiger partial charge on any atom is -0.488 e. The molecule has 0 aliphatic carbocycles. The highest BCUT2D eigenvalue weighted by atomic mass is 32.2. The van der Waals surface area contributed by atoms with Gasteiger partial charge in [0.1, 0.15) is 22.5 Å². The second-order valence-electron chi connectivity index (χ2n) is 12.8. The summed E-state index contributed by atoms with van der Waals surface area (Å²) in [6.07, 6.45) is 8.44. The van der Waals surface area contributed by atoms with E-state index in [-0.39, 0.29) is 42.2 Å². The van der Waals surface area contributed by atoms with Crippen molar-refractivity contribution in [3.8, 4) is 5.75 Å². The Balaban J connectivity index is 1.48. The van der Waals surface area contributed by atoms with Crippen LogP contribution in [0.4, 0.5) is 0 Å². The minimum absolute atomic E-state index is 0.122. The van der Waals surface area contributed by atoms with Crippen molar-refractivity contribution in [3.63, 3.8) is 0 Å². The molecule has 0 fully saturated rings. The molecule has 0 amide bonds. The maximum absolute atomic E-state index is 14.0. The maximum atomic E-state index is 14.0. The first-order chi connectivity index (χ1) is 22.0. The Kier molecular flexibility index (Phi) is 10.4. The number of ether oxygens (including phenoxy) is 1. The Labute approximate surface area is 273 Å². The Morgan fingerprint density at radius 1 is 1.11 bits per heavy atom. The number of aromatic nitrogens is 4. The van der Waals surface area contributed by atoms with E-state index in [0.717, 1.165) is 40.9 Å². The largest absolute Gasteiger partial charge is 0.488 e. The van der Waals surface area contributed by atoms with Crippen LogP contribution in [-0.2, 0) is 40.7 Å². The van der Waals surface area contributed by atoms with Crippen LogP contribution in [0.15, 0.2) is 78.1 Å². The van der Waals surface area contributed by atoms with Gasteiger partial charge in [0.15, 0.2) is 0 Å². The Bertz CT molecular complexity index is 1750. The predicted octanol–water partition coefficient (Wildman–Crippen LogP) is 6.31. The normalized spacial score (nSPS) is 17.1. The third-order valence-electron chi connectivity index (χ3n) is 9.15. The molecule has 1 unspecified atom stereocenters. The molecule has 2 aromatic heterocycles. The molecule has 2 aromatic carbocycles. The molecule has 10 heteroatoms. The van der Waals surface area contributed by atoms with E-state index < -0.39 is 15.4 Å². The highest BCUT2D eigenvalue weighted by molar-refractivity contribution is 7.89. The highest BCUT2D eigenvalue weighted by Crippen LogP contribution is 2.42. The molecule has 0 spiro atoms. The molecule has 46 heavy (non-hydrogen) atoms. The van der Waals surface area contributed by atoms with Crippen LogP contribution in [0.5, 0.6) is 5.75 Å². The molecule has 2 atom stereocenters. The molecule has 9 nitrogen and oxygen atoms in total. The van der Waals surface area contributed by atoms with Crippen molar-refractivity contribution in [2.24, 2.45) is 5.41 Å². The summed E-state index contributed by atoms with van der Waals surface area (Å²) in [5.41, 5.74) is 3.95. The average Bonchev–Trinajstić information content (AvgIpc) is 3.45. The van der Waals surface area contributed by atoms with Crippen LogP contribution < -0.4 is 4.74 Å². The van der Waals surface area contributed by atoms with E-state index in [9.17, 15) is 13.2 Å². The van der Waals surface area contributed by atoms with Gasteiger partial charge in [-0.2, -0.15) is 4.31 Å². The van der Waals surface area contributed by atoms with Gasteiger partial charge < -0.3 is 4.74 Å². The fourth-order valence-electron chi connectivity index (χ4n) is 6.21. The topological polar surface area (TPSA) is 107 Å². The van der Waals surface area contributed by atoms with Gasteiger partial charge >= 0.3 is 0 Å². The van der Waals surface area contributed by atoms with Gasteiger partial charge in [0.05, 0.1) is 12.2 Å². The van der Waals surface area contributed by atoms with E-state index in [2.05, 4.69) is 34.4 Å². The quantitative estimate of drug-likeness (QED) is 0.168. The molecular formula is C36H45N5O4S. The summed E-state index contributed by atoms with van der Waals surface area (Å²) < 4.78 is 37.4. The lowest BCUT2D eigenvalue weighted by Crippen LogP contribution is -2.36. The minimum atomic E-state index is -3.80. The van der Waals surface area contributed by atoms with Crippen molar-refractivity contribution in [2.75, 3.05) is 6.54 Å². The lowest BCUT2D eigenvalue weighted by molar-refractivity contribution is -0.127. The van der Waals surface area contributed by atoms with Crippen molar-refractivity contribution in [3.05, 3.63) is 101 Å². The van der Waals surface area contributed by atoms with E-state index in [1.807, 2.05) is 56.8 Å². The van der Waals surface area contributed by atoms with Gasteiger partial charge in [-0.15, -0.1) is 5.10 Å². The van der Waals surface area contributed by atoms with Gasteiger partial charge in [0.2, 0.25) is 10.0 Å². The molecule has 1 aliphatic rings. The van der Waals surface area contributed by atoms with E-state index >= 15 is 0 Å². The maximum Gasteiger partial charge on any atom is 0.247 e. The molecular weight excluding hydrogens is 598 g/mol. The number of ketones is 1. The van der Waals surface area contributed by atoms with Crippen molar-refractivity contribution in [2.45, 2.75) is 96.7 Å². The Morgan fingerprint density at radius 3 is 2.65 bits per heavy atom. The second kappa shape index (κ2) is 14.3. The summed E-state index contributed by atoms with van der Waals surface area (Å²) in [6.45, 7) is 11.4. The first kappa shape index (κ1) is 33.5. The number of pyridine rings is 1. The zero-order valence-electron chi connectivity index (χ0n) is 27.5. The number of rotatable bonds is 13. The van der Waals surface area contributed by atoms with Gasteiger partial charge in [0, 0.05) is 43.5 Å². The smallest absolute Gasteiger partial charge is 0.247 e. The zero-order chi connectivity index (χ0) is 32.9. The predicted molar refractivity (Wildman–Crippen MR) is 178 cm³/mol. The van der Waals surface area contributed by atoms with E-state index in [4.69, 9.17) is 4.74 Å². The average molecular weight is 644 g/mol. The fourth-order valence-corrected chi connectivity index (χ4v) is 7.78. The number of fused-ring (bicyclic) bond motifs is 1. The third kappa shape index (κ3) is 7.39.